The molecule has 3 heterocycles. The van der Waals surface area contributed by atoms with Gasteiger partial charge in [0.15, 0.2) is 0 Å². The minimum Gasteiger partial charge on any atom is -0.472 e. The minimum atomic E-state index is -3.89. The normalized spacial score (nSPS) is 26.1. The maximum absolute atomic E-state index is 14.6. The Morgan fingerprint density at radius 2 is 1.73 bits per heavy atom. The van der Waals surface area contributed by atoms with Crippen LogP contribution in [-0.4, -0.2) is 83.2 Å². The number of aromatic nitrogens is 1. The van der Waals surface area contributed by atoms with Crippen molar-refractivity contribution in [2.45, 2.75) is 113 Å². The number of amides is 4. The van der Waals surface area contributed by atoms with Gasteiger partial charge in [0.1, 0.15) is 29.3 Å². The van der Waals surface area contributed by atoms with E-state index in [1.807, 2.05) is 72.8 Å². The zero-order chi connectivity index (χ0) is 39.0. The molecule has 55 heavy (non-hydrogen) atoms. The second-order valence-electron chi connectivity index (χ2n) is 16.1. The SMILES string of the molecule is CC(C)(C)OC(=O)N[C@H]1CCCCCC=CC2C[C@@]2(C(=O)NS(=O)(=O)C2CC2)NC(=O)[C@@H]2C[C@@H](Oc3nc(-c4ccccc4)cc4ccccc34)CN2C1=O. The van der Waals surface area contributed by atoms with Crippen molar-refractivity contribution >= 4 is 44.6 Å². The smallest absolute Gasteiger partial charge is 0.408 e. The number of hydrogen-bond acceptors (Lipinski definition) is 9. The average Bonchev–Trinajstić information content (AvgIpc) is 4.07. The summed E-state index contributed by atoms with van der Waals surface area (Å²) in [5.41, 5.74) is -0.719. The quantitative estimate of drug-likeness (QED) is 0.275. The number of benzene rings is 2. The number of fused-ring (bicyclic) bond motifs is 3. The summed E-state index contributed by atoms with van der Waals surface area (Å²) in [7, 11) is -3.89. The molecular weight excluding hydrogens is 723 g/mol. The van der Waals surface area contributed by atoms with E-state index in [1.54, 1.807) is 20.8 Å². The van der Waals surface area contributed by atoms with E-state index in [-0.39, 0.29) is 19.4 Å². The summed E-state index contributed by atoms with van der Waals surface area (Å²) in [6.45, 7) is 5.20. The number of allylic oxidation sites excluding steroid dienone is 1. The molecular formula is C41H49N5O8S. The lowest BCUT2D eigenvalue weighted by Crippen LogP contribution is -2.58. The van der Waals surface area contributed by atoms with Crippen molar-refractivity contribution in [3.63, 3.8) is 0 Å². The molecule has 2 aromatic carbocycles. The molecule has 292 valence electrons. The number of pyridine rings is 1. The Labute approximate surface area is 321 Å². The second kappa shape index (κ2) is 15.3. The van der Waals surface area contributed by atoms with Gasteiger partial charge in [0.05, 0.1) is 17.5 Å². The van der Waals surface area contributed by atoms with E-state index in [2.05, 4.69) is 15.4 Å². The van der Waals surface area contributed by atoms with Gasteiger partial charge < -0.3 is 25.0 Å². The van der Waals surface area contributed by atoms with Crippen LogP contribution in [0.1, 0.15) is 78.6 Å². The van der Waals surface area contributed by atoms with Gasteiger partial charge in [0.2, 0.25) is 27.7 Å². The van der Waals surface area contributed by atoms with Gasteiger partial charge in [0, 0.05) is 23.3 Å². The first kappa shape index (κ1) is 38.3. The number of carbonyl (C=O) groups is 4. The molecule has 2 aliphatic heterocycles. The monoisotopic (exact) mass is 771 g/mol. The number of alkyl carbamates (subject to hydrolysis) is 1. The van der Waals surface area contributed by atoms with Gasteiger partial charge in [0.25, 0.3) is 5.91 Å². The molecule has 3 N–H and O–H groups in total. The lowest BCUT2D eigenvalue weighted by Gasteiger charge is -2.30. The van der Waals surface area contributed by atoms with Gasteiger partial charge in [-0.05, 0) is 76.8 Å². The Kier molecular flexibility index (Phi) is 10.6. The molecule has 4 aliphatic rings. The molecule has 4 amide bonds. The van der Waals surface area contributed by atoms with Crippen molar-refractivity contribution in [3.8, 4) is 17.1 Å². The van der Waals surface area contributed by atoms with Crippen LogP contribution < -0.4 is 20.1 Å². The third-order valence-electron chi connectivity index (χ3n) is 10.6. The third-order valence-corrected chi connectivity index (χ3v) is 12.4. The first-order chi connectivity index (χ1) is 26.2. The van der Waals surface area contributed by atoms with Crippen molar-refractivity contribution in [1.29, 1.82) is 0 Å². The molecule has 0 spiro atoms. The molecule has 3 aromatic rings. The van der Waals surface area contributed by atoms with Crippen LogP contribution in [0.3, 0.4) is 0 Å². The molecule has 2 saturated carbocycles. The molecule has 2 aliphatic carbocycles. The Morgan fingerprint density at radius 3 is 2.47 bits per heavy atom. The summed E-state index contributed by atoms with van der Waals surface area (Å²) in [4.78, 5) is 62.1. The highest BCUT2D eigenvalue weighted by atomic mass is 32.2. The number of hydrogen-bond donors (Lipinski definition) is 3. The van der Waals surface area contributed by atoms with Crippen molar-refractivity contribution in [3.05, 3.63) is 72.8 Å². The van der Waals surface area contributed by atoms with Gasteiger partial charge in [-0.2, -0.15) is 0 Å². The number of carbonyl (C=O) groups excluding carboxylic acids is 4. The van der Waals surface area contributed by atoms with Gasteiger partial charge >= 0.3 is 6.09 Å². The summed E-state index contributed by atoms with van der Waals surface area (Å²) >= 11 is 0. The highest BCUT2D eigenvalue weighted by Gasteiger charge is 2.62. The fourth-order valence-corrected chi connectivity index (χ4v) is 8.83. The number of rotatable bonds is 7. The standard InChI is InChI=1S/C41H49N5O8S/c1-40(2,3)54-39(50)43-32-19-11-6-4-5-10-17-28-24-41(28,38(49)45-55(51,52)30-20-21-30)44-35(47)34-23-29(25-46(34)37(32)48)53-36-31-18-13-12-16-27(31)22-33(42-36)26-14-8-7-9-15-26/h7-10,12-18,22,28-30,32,34H,4-6,11,19-21,23-25H2,1-3H3,(H,43,50)(H,44,47)(H,45,49)/t28?,29-,32+,34+,41-/m1/s1. The lowest BCUT2D eigenvalue weighted by atomic mass is 10.0. The zero-order valence-corrected chi connectivity index (χ0v) is 32.3. The van der Waals surface area contributed by atoms with E-state index in [0.29, 0.717) is 43.7 Å². The highest BCUT2D eigenvalue weighted by Crippen LogP contribution is 2.46. The largest absolute Gasteiger partial charge is 0.472 e. The zero-order valence-electron chi connectivity index (χ0n) is 31.5. The summed E-state index contributed by atoms with van der Waals surface area (Å²) in [6.07, 6.45) is 6.80. The van der Waals surface area contributed by atoms with Crippen LogP contribution in [0, 0.1) is 5.92 Å². The van der Waals surface area contributed by atoms with E-state index in [0.717, 1.165) is 29.2 Å². The Balaban J connectivity index is 1.21. The Morgan fingerprint density at radius 1 is 0.982 bits per heavy atom. The van der Waals surface area contributed by atoms with Gasteiger partial charge in [-0.1, -0.05) is 73.5 Å². The summed E-state index contributed by atoms with van der Waals surface area (Å²) in [6, 6.07) is 17.2. The topological polar surface area (TPSA) is 173 Å². The van der Waals surface area contributed by atoms with Crippen molar-refractivity contribution < 1.29 is 37.1 Å². The predicted octanol–water partition coefficient (Wildman–Crippen LogP) is 5.15. The molecule has 7 rings (SSSR count). The first-order valence-electron chi connectivity index (χ1n) is 19.2. The highest BCUT2D eigenvalue weighted by molar-refractivity contribution is 7.91. The fourth-order valence-electron chi connectivity index (χ4n) is 7.47. The van der Waals surface area contributed by atoms with E-state index >= 15 is 0 Å². The minimum absolute atomic E-state index is 0.00637. The molecule has 13 nitrogen and oxygen atoms in total. The molecule has 1 saturated heterocycles. The number of nitrogens with zero attached hydrogens (tertiary/aromatic N) is 2. The van der Waals surface area contributed by atoms with Crippen LogP contribution in [0.4, 0.5) is 4.79 Å². The first-order valence-corrected chi connectivity index (χ1v) is 20.7. The molecule has 0 radical (unpaired) electrons. The lowest BCUT2D eigenvalue weighted by molar-refractivity contribution is -0.141. The fraction of sp³-hybridized carbons (Fsp3) is 0.488. The number of nitrogens with one attached hydrogen (secondary N) is 3. The molecule has 0 bridgehead atoms. The summed E-state index contributed by atoms with van der Waals surface area (Å²) in [5, 5.41) is 6.69. The van der Waals surface area contributed by atoms with Crippen LogP contribution in [0.25, 0.3) is 22.0 Å². The molecule has 1 aromatic heterocycles. The van der Waals surface area contributed by atoms with Crippen LogP contribution >= 0.6 is 0 Å². The summed E-state index contributed by atoms with van der Waals surface area (Å²) in [5.74, 6) is -1.96. The molecule has 1 unspecified atom stereocenters. The predicted molar refractivity (Wildman–Crippen MR) is 206 cm³/mol. The van der Waals surface area contributed by atoms with Crippen LogP contribution in [0.2, 0.25) is 0 Å². The van der Waals surface area contributed by atoms with E-state index in [4.69, 9.17) is 14.5 Å². The van der Waals surface area contributed by atoms with Crippen LogP contribution in [-0.2, 0) is 29.1 Å². The van der Waals surface area contributed by atoms with Crippen molar-refractivity contribution in [2.75, 3.05) is 6.54 Å². The molecule has 3 fully saturated rings. The molecule has 14 heteroatoms. The Hall–Kier alpha value is -4.98. The van der Waals surface area contributed by atoms with Gasteiger partial charge in [-0.25, -0.2) is 18.2 Å². The van der Waals surface area contributed by atoms with Crippen molar-refractivity contribution in [2.24, 2.45) is 5.92 Å². The maximum Gasteiger partial charge on any atom is 0.408 e. The average molecular weight is 772 g/mol. The van der Waals surface area contributed by atoms with Gasteiger partial charge in [-0.3, -0.25) is 19.1 Å². The number of sulfonamides is 1. The third kappa shape index (κ3) is 8.79. The second-order valence-corrected chi connectivity index (χ2v) is 18.1. The van der Waals surface area contributed by atoms with E-state index in [1.165, 1.54) is 4.90 Å². The number of ether oxygens (including phenoxy) is 2. The summed E-state index contributed by atoms with van der Waals surface area (Å²) < 4.78 is 40.1. The molecule has 5 atom stereocenters. The Bertz CT molecular complexity index is 2100. The van der Waals surface area contributed by atoms with Crippen molar-refractivity contribution in [1.82, 2.24) is 25.2 Å². The van der Waals surface area contributed by atoms with Crippen LogP contribution in [0.5, 0.6) is 5.88 Å². The van der Waals surface area contributed by atoms with Gasteiger partial charge in [-0.15, -0.1) is 0 Å². The van der Waals surface area contributed by atoms with Crippen LogP contribution in [0.15, 0.2) is 72.8 Å². The van der Waals surface area contributed by atoms with E-state index in [9.17, 15) is 27.6 Å². The van der Waals surface area contributed by atoms with E-state index < -0.39 is 74.3 Å². The maximum atomic E-state index is 14.6.